The van der Waals surface area contributed by atoms with Crippen molar-refractivity contribution in [2.24, 2.45) is 0 Å². The van der Waals surface area contributed by atoms with Gasteiger partial charge in [0.25, 0.3) is 5.91 Å². The van der Waals surface area contributed by atoms with Gasteiger partial charge in [-0.15, -0.1) is 0 Å². The molecule has 0 bridgehead atoms. The molecule has 1 fully saturated rings. The number of phenols is 1. The van der Waals surface area contributed by atoms with E-state index in [-0.39, 0.29) is 17.7 Å². The van der Waals surface area contributed by atoms with Gasteiger partial charge in [-0.2, -0.15) is 0 Å². The van der Waals surface area contributed by atoms with Crippen LogP contribution < -0.4 is 15.4 Å². The van der Waals surface area contributed by atoms with Gasteiger partial charge in [0.2, 0.25) is 0 Å². The van der Waals surface area contributed by atoms with Crippen LogP contribution >= 0.6 is 0 Å². The summed E-state index contributed by atoms with van der Waals surface area (Å²) in [5, 5.41) is 15.7. The Morgan fingerprint density at radius 2 is 2.11 bits per heavy atom. The zero-order chi connectivity index (χ0) is 13.0. The van der Waals surface area contributed by atoms with Crippen molar-refractivity contribution >= 4 is 5.91 Å². The predicted octanol–water partition coefficient (Wildman–Crippen LogP) is 0.883. The second-order valence-corrected chi connectivity index (χ2v) is 4.42. The van der Waals surface area contributed by atoms with Crippen molar-refractivity contribution in [1.29, 1.82) is 0 Å². The van der Waals surface area contributed by atoms with E-state index in [0.717, 1.165) is 25.9 Å². The number of rotatable bonds is 3. The number of nitrogens with one attached hydrogen (secondary N) is 2. The van der Waals surface area contributed by atoms with Crippen molar-refractivity contribution in [3.05, 3.63) is 23.8 Å². The van der Waals surface area contributed by atoms with Crippen LogP contribution in [0.25, 0.3) is 0 Å². The molecule has 1 aromatic carbocycles. The fourth-order valence-corrected chi connectivity index (χ4v) is 2.07. The third-order valence-electron chi connectivity index (χ3n) is 3.06. The molecule has 0 aromatic heterocycles. The van der Waals surface area contributed by atoms with Crippen LogP contribution in [0, 0.1) is 0 Å². The van der Waals surface area contributed by atoms with Crippen LogP contribution in [-0.2, 0) is 0 Å². The van der Waals surface area contributed by atoms with E-state index in [9.17, 15) is 9.90 Å². The highest BCUT2D eigenvalue weighted by Gasteiger charge is 2.17. The minimum absolute atomic E-state index is 0.0322. The molecule has 1 saturated heterocycles. The molecule has 0 radical (unpaired) electrons. The van der Waals surface area contributed by atoms with E-state index >= 15 is 0 Å². The van der Waals surface area contributed by atoms with Gasteiger partial charge in [0.05, 0.1) is 7.11 Å². The van der Waals surface area contributed by atoms with Crippen LogP contribution in [0.15, 0.2) is 18.2 Å². The molecule has 0 spiro atoms. The molecule has 2 rings (SSSR count). The normalized spacial score (nSPS) is 16.3. The summed E-state index contributed by atoms with van der Waals surface area (Å²) in [7, 11) is 1.50. The average molecular weight is 250 g/mol. The summed E-state index contributed by atoms with van der Waals surface area (Å²) in [6.07, 6.45) is 1.86. The number of carbonyl (C=O) groups excluding carboxylic acids is 1. The first-order chi connectivity index (χ1) is 8.69. The summed E-state index contributed by atoms with van der Waals surface area (Å²) < 4.78 is 5.03. The maximum absolute atomic E-state index is 12.0. The minimum atomic E-state index is -0.170. The maximum Gasteiger partial charge on any atom is 0.251 e. The monoisotopic (exact) mass is 250 g/mol. The summed E-state index contributed by atoms with van der Waals surface area (Å²) in [6, 6.07) is 4.74. The highest BCUT2D eigenvalue weighted by Crippen LogP contribution is 2.21. The molecule has 0 saturated carbocycles. The van der Waals surface area contributed by atoms with E-state index in [1.54, 1.807) is 6.07 Å². The average Bonchev–Trinajstić information content (AvgIpc) is 2.39. The first kappa shape index (κ1) is 12.7. The molecule has 5 heteroatoms. The molecular formula is C13H18N2O3. The minimum Gasteiger partial charge on any atom is -0.508 e. The number of piperidine rings is 1. The van der Waals surface area contributed by atoms with E-state index in [0.29, 0.717) is 11.3 Å². The molecule has 1 amide bonds. The summed E-state index contributed by atoms with van der Waals surface area (Å²) in [4.78, 5) is 12.0. The third kappa shape index (κ3) is 3.13. The molecule has 1 aliphatic rings. The van der Waals surface area contributed by atoms with Gasteiger partial charge >= 0.3 is 0 Å². The Morgan fingerprint density at radius 1 is 1.39 bits per heavy atom. The Kier molecular flexibility index (Phi) is 4.04. The number of methoxy groups -OCH3 is 1. The van der Waals surface area contributed by atoms with Crippen molar-refractivity contribution in [3.63, 3.8) is 0 Å². The van der Waals surface area contributed by atoms with Crippen LogP contribution in [0.2, 0.25) is 0 Å². The third-order valence-corrected chi connectivity index (χ3v) is 3.06. The summed E-state index contributed by atoms with van der Waals surface area (Å²) in [5.41, 5.74) is 0.422. The second kappa shape index (κ2) is 5.73. The zero-order valence-corrected chi connectivity index (χ0v) is 10.4. The van der Waals surface area contributed by atoms with Gasteiger partial charge < -0.3 is 20.5 Å². The summed E-state index contributed by atoms with van der Waals surface area (Å²) in [5.74, 6) is 0.339. The van der Waals surface area contributed by atoms with Crippen molar-refractivity contribution in [2.75, 3.05) is 20.2 Å². The number of phenolic OH excluding ortho intramolecular Hbond substituents is 1. The lowest BCUT2D eigenvalue weighted by Gasteiger charge is -2.23. The number of carbonyl (C=O) groups is 1. The molecule has 98 valence electrons. The van der Waals surface area contributed by atoms with E-state index in [4.69, 9.17) is 4.74 Å². The maximum atomic E-state index is 12.0. The largest absolute Gasteiger partial charge is 0.508 e. The first-order valence-corrected chi connectivity index (χ1v) is 6.08. The lowest BCUT2D eigenvalue weighted by Crippen LogP contribution is -2.42. The van der Waals surface area contributed by atoms with Gasteiger partial charge in [-0.3, -0.25) is 4.79 Å². The SMILES string of the molecule is COc1cc(O)cc(C(=O)NC2CCNCC2)c1. The number of amides is 1. The summed E-state index contributed by atoms with van der Waals surface area (Å²) >= 11 is 0. The molecule has 1 aliphatic heterocycles. The highest BCUT2D eigenvalue weighted by molar-refractivity contribution is 5.95. The van der Waals surface area contributed by atoms with Crippen LogP contribution in [0.3, 0.4) is 0 Å². The Balaban J connectivity index is 2.05. The number of aromatic hydroxyl groups is 1. The molecular weight excluding hydrogens is 232 g/mol. The van der Waals surface area contributed by atoms with Gasteiger partial charge in [0.1, 0.15) is 11.5 Å². The van der Waals surface area contributed by atoms with Crippen LogP contribution in [0.5, 0.6) is 11.5 Å². The number of ether oxygens (including phenoxy) is 1. The molecule has 0 atom stereocenters. The fraction of sp³-hybridized carbons (Fsp3) is 0.462. The van der Waals surface area contributed by atoms with Crippen LogP contribution in [-0.4, -0.2) is 37.3 Å². The fourth-order valence-electron chi connectivity index (χ4n) is 2.07. The Morgan fingerprint density at radius 3 is 2.78 bits per heavy atom. The predicted molar refractivity (Wildman–Crippen MR) is 68.0 cm³/mol. The van der Waals surface area contributed by atoms with Crippen LogP contribution in [0.4, 0.5) is 0 Å². The number of hydrogen-bond acceptors (Lipinski definition) is 4. The van der Waals surface area contributed by atoms with Gasteiger partial charge in [0.15, 0.2) is 0 Å². The molecule has 3 N–H and O–H groups in total. The van der Waals surface area contributed by atoms with Gasteiger partial charge in [-0.1, -0.05) is 0 Å². The lowest BCUT2D eigenvalue weighted by atomic mass is 10.1. The van der Waals surface area contributed by atoms with E-state index < -0.39 is 0 Å². The molecule has 1 heterocycles. The number of hydrogen-bond donors (Lipinski definition) is 3. The van der Waals surface area contributed by atoms with Crippen molar-refractivity contribution < 1.29 is 14.6 Å². The van der Waals surface area contributed by atoms with Crippen molar-refractivity contribution in [2.45, 2.75) is 18.9 Å². The van der Waals surface area contributed by atoms with E-state index in [1.165, 1.54) is 19.2 Å². The van der Waals surface area contributed by atoms with Crippen molar-refractivity contribution in [1.82, 2.24) is 10.6 Å². The molecule has 18 heavy (non-hydrogen) atoms. The molecule has 0 aliphatic carbocycles. The van der Waals surface area contributed by atoms with Gasteiger partial charge in [-0.05, 0) is 38.1 Å². The lowest BCUT2D eigenvalue weighted by molar-refractivity contribution is 0.0929. The smallest absolute Gasteiger partial charge is 0.251 e. The Labute approximate surface area is 106 Å². The second-order valence-electron chi connectivity index (χ2n) is 4.42. The molecule has 0 unspecified atom stereocenters. The van der Waals surface area contributed by atoms with E-state index in [1.807, 2.05) is 0 Å². The standard InChI is InChI=1S/C13H18N2O3/c1-18-12-7-9(6-11(16)8-12)13(17)15-10-2-4-14-5-3-10/h6-8,10,14,16H,2-5H2,1H3,(H,15,17). The summed E-state index contributed by atoms with van der Waals surface area (Å²) in [6.45, 7) is 1.85. The zero-order valence-electron chi connectivity index (χ0n) is 10.4. The Bertz CT molecular complexity index is 428. The topological polar surface area (TPSA) is 70.6 Å². The molecule has 1 aromatic rings. The molecule has 5 nitrogen and oxygen atoms in total. The Hall–Kier alpha value is -1.75. The van der Waals surface area contributed by atoms with Gasteiger partial charge in [-0.25, -0.2) is 0 Å². The van der Waals surface area contributed by atoms with Crippen LogP contribution in [0.1, 0.15) is 23.2 Å². The number of benzene rings is 1. The van der Waals surface area contributed by atoms with Gasteiger partial charge in [0, 0.05) is 17.7 Å². The van der Waals surface area contributed by atoms with Crippen molar-refractivity contribution in [3.8, 4) is 11.5 Å². The first-order valence-electron chi connectivity index (χ1n) is 6.08. The quantitative estimate of drug-likeness (QED) is 0.745. The highest BCUT2D eigenvalue weighted by atomic mass is 16.5. The van der Waals surface area contributed by atoms with E-state index in [2.05, 4.69) is 10.6 Å².